The van der Waals surface area contributed by atoms with Crippen molar-refractivity contribution in [1.82, 2.24) is 25.2 Å². The number of likely N-dealkylation sites (N-methyl/N-ethyl adjacent to an activating group) is 1. The molecule has 34 heavy (non-hydrogen) atoms. The number of imidazole rings is 1. The van der Waals surface area contributed by atoms with Crippen LogP contribution in [0.5, 0.6) is 0 Å². The van der Waals surface area contributed by atoms with Gasteiger partial charge in [0.2, 0.25) is 5.91 Å². The summed E-state index contributed by atoms with van der Waals surface area (Å²) in [5.74, 6) is 8.03. The average molecular weight is 471 g/mol. The number of carbonyl (C=O) groups excluding carboxylic acids is 3. The van der Waals surface area contributed by atoms with Crippen molar-refractivity contribution >= 4 is 17.7 Å². The fraction of sp³-hybridized carbons (Fsp3) is 0.304. The van der Waals surface area contributed by atoms with Gasteiger partial charge >= 0.3 is 0 Å². The molecule has 0 fully saturated rings. The first-order valence-electron chi connectivity index (χ1n) is 10.1. The van der Waals surface area contributed by atoms with Crippen LogP contribution in [0.2, 0.25) is 0 Å². The van der Waals surface area contributed by atoms with Gasteiger partial charge in [-0.1, -0.05) is 5.92 Å². The fourth-order valence-electron chi connectivity index (χ4n) is 3.09. The second-order valence-electron chi connectivity index (χ2n) is 7.06. The maximum absolute atomic E-state index is 13.8. The second-order valence-corrected chi connectivity index (χ2v) is 7.06. The SMILES string of the molecule is CCN(C(C)=O)C(C(F)F)C(NC(=O)c1ccc(C#CC#Cc2cn(C)cn2)cc1)C(=O)NO. The van der Waals surface area contributed by atoms with Crippen LogP contribution >= 0.6 is 0 Å². The molecule has 0 saturated carbocycles. The van der Waals surface area contributed by atoms with Gasteiger partial charge in [0.25, 0.3) is 18.2 Å². The molecule has 178 valence electrons. The van der Waals surface area contributed by atoms with E-state index in [2.05, 4.69) is 34.0 Å². The lowest BCUT2D eigenvalue weighted by Gasteiger charge is -2.34. The number of carbonyl (C=O) groups is 3. The van der Waals surface area contributed by atoms with E-state index < -0.39 is 36.2 Å². The molecule has 1 aromatic carbocycles. The van der Waals surface area contributed by atoms with Crippen molar-refractivity contribution in [2.75, 3.05) is 6.54 Å². The summed E-state index contributed by atoms with van der Waals surface area (Å²) >= 11 is 0. The zero-order valence-corrected chi connectivity index (χ0v) is 18.7. The number of hydrogen-bond donors (Lipinski definition) is 3. The number of nitrogens with zero attached hydrogens (tertiary/aromatic N) is 3. The number of aryl methyl sites for hydroxylation is 1. The maximum atomic E-state index is 13.8. The first-order chi connectivity index (χ1) is 16.2. The molecule has 9 nitrogen and oxygen atoms in total. The van der Waals surface area contributed by atoms with E-state index in [9.17, 15) is 23.2 Å². The lowest BCUT2D eigenvalue weighted by Crippen LogP contribution is -2.61. The molecule has 0 spiro atoms. The Labute approximate surface area is 195 Å². The molecule has 1 aromatic heterocycles. The normalized spacial score (nSPS) is 11.9. The number of benzene rings is 1. The summed E-state index contributed by atoms with van der Waals surface area (Å²) in [5, 5.41) is 11.2. The molecule has 3 amide bonds. The van der Waals surface area contributed by atoms with Crippen LogP contribution in [-0.2, 0) is 16.6 Å². The first-order valence-corrected chi connectivity index (χ1v) is 10.1. The third-order valence-corrected chi connectivity index (χ3v) is 4.70. The van der Waals surface area contributed by atoms with Gasteiger partial charge < -0.3 is 14.8 Å². The van der Waals surface area contributed by atoms with Gasteiger partial charge in [-0.15, -0.1) is 0 Å². The average Bonchev–Trinajstić information content (AvgIpc) is 3.23. The van der Waals surface area contributed by atoms with Crippen molar-refractivity contribution in [3.05, 3.63) is 53.6 Å². The summed E-state index contributed by atoms with van der Waals surface area (Å²) in [6, 6.07) is 1.93. The van der Waals surface area contributed by atoms with Gasteiger partial charge in [0.05, 0.1) is 6.33 Å². The fourth-order valence-corrected chi connectivity index (χ4v) is 3.09. The molecule has 2 rings (SSSR count). The predicted octanol–water partition coefficient (Wildman–Crippen LogP) is 0.929. The highest BCUT2D eigenvalue weighted by molar-refractivity contribution is 5.98. The van der Waals surface area contributed by atoms with E-state index in [-0.39, 0.29) is 12.1 Å². The summed E-state index contributed by atoms with van der Waals surface area (Å²) in [5.41, 5.74) is 2.43. The van der Waals surface area contributed by atoms with Crippen LogP contribution in [0.15, 0.2) is 36.8 Å². The smallest absolute Gasteiger partial charge is 0.268 e. The Hall–Kier alpha value is -4.22. The number of amides is 3. The summed E-state index contributed by atoms with van der Waals surface area (Å²) in [7, 11) is 1.82. The maximum Gasteiger partial charge on any atom is 0.268 e. The molecule has 2 aromatic rings. The van der Waals surface area contributed by atoms with Crippen molar-refractivity contribution < 1.29 is 28.4 Å². The van der Waals surface area contributed by atoms with Gasteiger partial charge in [-0.05, 0) is 49.0 Å². The minimum atomic E-state index is -3.17. The molecule has 2 atom stereocenters. The van der Waals surface area contributed by atoms with Gasteiger partial charge in [0.15, 0.2) is 0 Å². The summed E-state index contributed by atoms with van der Waals surface area (Å²) in [6.07, 6.45) is 0.178. The van der Waals surface area contributed by atoms with Crippen molar-refractivity contribution in [2.45, 2.75) is 32.4 Å². The van der Waals surface area contributed by atoms with Crippen LogP contribution in [-0.4, -0.2) is 62.4 Å². The van der Waals surface area contributed by atoms with Crippen LogP contribution < -0.4 is 10.8 Å². The Kier molecular flexibility index (Phi) is 9.29. The van der Waals surface area contributed by atoms with Crippen LogP contribution in [0.4, 0.5) is 8.78 Å². The summed E-state index contributed by atoms with van der Waals surface area (Å²) in [4.78, 5) is 41.3. The van der Waals surface area contributed by atoms with Crippen molar-refractivity contribution in [3.8, 4) is 23.7 Å². The number of aromatic nitrogens is 2. The van der Waals surface area contributed by atoms with E-state index in [4.69, 9.17) is 5.21 Å². The highest BCUT2D eigenvalue weighted by atomic mass is 19.3. The zero-order chi connectivity index (χ0) is 25.3. The number of hydroxylamine groups is 1. The molecule has 0 radical (unpaired) electrons. The number of hydrogen-bond acceptors (Lipinski definition) is 5. The number of halogens is 2. The van der Waals surface area contributed by atoms with E-state index in [0.29, 0.717) is 11.3 Å². The minimum Gasteiger partial charge on any atom is -0.339 e. The molecule has 3 N–H and O–H groups in total. The van der Waals surface area contributed by atoms with Gasteiger partial charge in [-0.3, -0.25) is 19.6 Å². The molecule has 1 heterocycles. The zero-order valence-electron chi connectivity index (χ0n) is 18.7. The highest BCUT2D eigenvalue weighted by Crippen LogP contribution is 2.16. The van der Waals surface area contributed by atoms with Crippen LogP contribution in [0, 0.1) is 23.7 Å². The lowest BCUT2D eigenvalue weighted by atomic mass is 10.0. The van der Waals surface area contributed by atoms with Crippen LogP contribution in [0.3, 0.4) is 0 Å². The van der Waals surface area contributed by atoms with E-state index >= 15 is 0 Å². The third kappa shape index (κ3) is 6.89. The van der Waals surface area contributed by atoms with Crippen molar-refractivity contribution in [3.63, 3.8) is 0 Å². The Morgan fingerprint density at radius 3 is 2.32 bits per heavy atom. The van der Waals surface area contributed by atoms with E-state index in [1.807, 2.05) is 7.05 Å². The third-order valence-electron chi connectivity index (χ3n) is 4.70. The molecular weight excluding hydrogens is 448 g/mol. The van der Waals surface area contributed by atoms with Gasteiger partial charge in [-0.2, -0.15) is 0 Å². The second kappa shape index (κ2) is 12.1. The Morgan fingerprint density at radius 2 is 1.82 bits per heavy atom. The Bertz CT molecular complexity index is 1160. The van der Waals surface area contributed by atoms with Crippen molar-refractivity contribution in [2.24, 2.45) is 7.05 Å². The largest absolute Gasteiger partial charge is 0.339 e. The topological polar surface area (TPSA) is 117 Å². The first kappa shape index (κ1) is 26.0. The molecular formula is C23H23F2N5O4. The molecule has 0 aliphatic rings. The summed E-state index contributed by atoms with van der Waals surface area (Å²) in [6.45, 7) is 2.38. The van der Waals surface area contributed by atoms with E-state index in [0.717, 1.165) is 11.8 Å². The van der Waals surface area contributed by atoms with Gasteiger partial charge in [0, 0.05) is 37.8 Å². The number of rotatable bonds is 7. The molecule has 11 heteroatoms. The number of nitrogens with one attached hydrogen (secondary N) is 2. The Morgan fingerprint density at radius 1 is 1.18 bits per heavy atom. The van der Waals surface area contributed by atoms with Gasteiger partial charge in [0.1, 0.15) is 17.8 Å². The molecule has 2 unspecified atom stereocenters. The van der Waals surface area contributed by atoms with Crippen molar-refractivity contribution in [1.29, 1.82) is 0 Å². The van der Waals surface area contributed by atoms with Crippen LogP contribution in [0.1, 0.15) is 35.5 Å². The van der Waals surface area contributed by atoms with E-state index in [1.54, 1.807) is 17.1 Å². The lowest BCUT2D eigenvalue weighted by molar-refractivity contribution is -0.142. The minimum absolute atomic E-state index is 0.0553. The number of alkyl halides is 2. The molecule has 0 aliphatic carbocycles. The molecule has 0 saturated heterocycles. The quantitative estimate of drug-likeness (QED) is 0.316. The summed E-state index contributed by atoms with van der Waals surface area (Å²) < 4.78 is 29.3. The molecule has 0 aliphatic heterocycles. The predicted molar refractivity (Wildman–Crippen MR) is 117 cm³/mol. The van der Waals surface area contributed by atoms with Gasteiger partial charge in [-0.25, -0.2) is 19.2 Å². The Balaban J connectivity index is 2.18. The monoisotopic (exact) mass is 471 g/mol. The van der Waals surface area contributed by atoms with E-state index in [1.165, 1.54) is 36.7 Å². The standard InChI is InChI=1S/C23H23F2N5O4/c1-4-30(15(2)31)20(21(24)25)19(23(33)28-34)27-22(32)17-11-9-16(10-12-17)7-5-6-8-18-13-29(3)14-26-18/h9-14,19-21,34H,4H2,1-3H3,(H,27,32)(H,28,33). The highest BCUT2D eigenvalue weighted by Gasteiger charge is 2.41. The molecule has 0 bridgehead atoms. The van der Waals surface area contributed by atoms with Crippen LogP contribution in [0.25, 0.3) is 0 Å².